The molecule has 0 aromatic carbocycles. The maximum absolute atomic E-state index is 3.29. The Morgan fingerprint density at radius 1 is 0.321 bits per heavy atom. The van der Waals surface area contributed by atoms with Gasteiger partial charge in [-0.25, -0.2) is 0 Å². The first-order valence-electron chi connectivity index (χ1n) is 11.7. The van der Waals surface area contributed by atoms with E-state index in [-0.39, 0.29) is 0 Å². The highest BCUT2D eigenvalue weighted by atomic mass is 15.1. The monoisotopic (exact) mass is 384 g/mol. The first-order chi connectivity index (χ1) is 13.9. The summed E-state index contributed by atoms with van der Waals surface area (Å²) < 4.78 is 0. The standard InChI is InChI=1S/2C12H20N2/c2*1-2-8-13(7-1)11-5-6-12-14-9-3-4-10-14/h2*1-4,7-12H2. The van der Waals surface area contributed by atoms with Crippen LogP contribution in [0.5, 0.6) is 0 Å². The van der Waals surface area contributed by atoms with E-state index < -0.39 is 0 Å². The third-order valence-corrected chi connectivity index (χ3v) is 6.26. The number of likely N-dealkylation sites (tertiary alicyclic amines) is 4. The van der Waals surface area contributed by atoms with Gasteiger partial charge in [0, 0.05) is 0 Å². The fourth-order valence-corrected chi connectivity index (χ4v) is 4.43. The van der Waals surface area contributed by atoms with Crippen LogP contribution in [0.25, 0.3) is 0 Å². The molecule has 0 aliphatic carbocycles. The molecule has 0 saturated carbocycles. The highest BCUT2D eigenvalue weighted by Gasteiger charge is 2.11. The van der Waals surface area contributed by atoms with Crippen molar-refractivity contribution in [3.63, 3.8) is 0 Å². The van der Waals surface area contributed by atoms with Gasteiger partial charge in [-0.1, -0.05) is 23.7 Å². The quantitative estimate of drug-likeness (QED) is 0.690. The second-order valence-electron chi connectivity index (χ2n) is 8.64. The summed E-state index contributed by atoms with van der Waals surface area (Å²) in [5.74, 6) is 13.2. The number of hydrogen-bond donors (Lipinski definition) is 0. The van der Waals surface area contributed by atoms with Gasteiger partial charge < -0.3 is 0 Å². The molecule has 0 amide bonds. The molecule has 0 bridgehead atoms. The summed E-state index contributed by atoms with van der Waals surface area (Å²) in [6.07, 6.45) is 11.0. The molecule has 0 spiro atoms. The Hall–Kier alpha value is -1.04. The molecule has 4 heterocycles. The lowest BCUT2D eigenvalue weighted by Crippen LogP contribution is -2.21. The summed E-state index contributed by atoms with van der Waals surface area (Å²) in [6.45, 7) is 14.1. The predicted molar refractivity (Wildman–Crippen MR) is 118 cm³/mol. The van der Waals surface area contributed by atoms with E-state index in [2.05, 4.69) is 43.3 Å². The maximum atomic E-state index is 3.29. The molecule has 4 rings (SSSR count). The van der Waals surface area contributed by atoms with E-state index in [1.807, 2.05) is 0 Å². The largest absolute Gasteiger partial charge is 0.292 e. The van der Waals surface area contributed by atoms with E-state index in [4.69, 9.17) is 0 Å². The topological polar surface area (TPSA) is 13.0 Å². The van der Waals surface area contributed by atoms with Crippen molar-refractivity contribution >= 4 is 0 Å². The van der Waals surface area contributed by atoms with Crippen molar-refractivity contribution in [1.82, 2.24) is 19.6 Å². The van der Waals surface area contributed by atoms with Crippen molar-refractivity contribution in [2.45, 2.75) is 51.4 Å². The molecule has 4 fully saturated rings. The van der Waals surface area contributed by atoms with Crippen molar-refractivity contribution < 1.29 is 0 Å². The van der Waals surface area contributed by atoms with Crippen LogP contribution in [0.15, 0.2) is 0 Å². The first-order valence-corrected chi connectivity index (χ1v) is 11.7. The summed E-state index contributed by atoms with van der Waals surface area (Å²) in [6, 6.07) is 0. The molecule has 0 atom stereocenters. The molecule has 4 aliphatic rings. The number of nitrogens with zero attached hydrogens (tertiary/aromatic N) is 4. The molecular formula is C24H40N4. The fraction of sp³-hybridized carbons (Fsp3) is 0.833. The Bertz CT molecular complexity index is 434. The van der Waals surface area contributed by atoms with Gasteiger partial charge >= 0.3 is 0 Å². The Labute approximate surface area is 173 Å². The molecule has 156 valence electrons. The van der Waals surface area contributed by atoms with Crippen LogP contribution in [0.4, 0.5) is 0 Å². The lowest BCUT2D eigenvalue weighted by atomic mass is 10.4. The zero-order valence-corrected chi connectivity index (χ0v) is 17.9. The summed E-state index contributed by atoms with van der Waals surface area (Å²) in [5, 5.41) is 0. The van der Waals surface area contributed by atoms with Gasteiger partial charge in [-0.3, -0.25) is 19.6 Å². The normalized spacial score (nSPS) is 23.7. The van der Waals surface area contributed by atoms with Crippen molar-refractivity contribution in [2.75, 3.05) is 78.5 Å². The maximum Gasteiger partial charge on any atom is 0.0602 e. The van der Waals surface area contributed by atoms with Crippen LogP contribution in [0.1, 0.15) is 51.4 Å². The van der Waals surface area contributed by atoms with Gasteiger partial charge in [0.15, 0.2) is 0 Å². The van der Waals surface area contributed by atoms with E-state index in [0.717, 1.165) is 26.2 Å². The second kappa shape index (κ2) is 13.2. The zero-order valence-electron chi connectivity index (χ0n) is 17.9. The summed E-state index contributed by atoms with van der Waals surface area (Å²) in [7, 11) is 0. The average molecular weight is 385 g/mol. The average Bonchev–Trinajstić information content (AvgIpc) is 3.51. The molecule has 0 aromatic rings. The van der Waals surface area contributed by atoms with Crippen molar-refractivity contribution in [3.05, 3.63) is 0 Å². The zero-order chi connectivity index (χ0) is 19.3. The minimum Gasteiger partial charge on any atom is -0.292 e. The van der Waals surface area contributed by atoms with E-state index in [1.165, 1.54) is 104 Å². The predicted octanol–water partition coefficient (Wildman–Crippen LogP) is 2.36. The summed E-state index contributed by atoms with van der Waals surface area (Å²) in [4.78, 5) is 9.82. The lowest BCUT2D eigenvalue weighted by Gasteiger charge is -2.10. The molecule has 0 aromatic heterocycles. The van der Waals surface area contributed by atoms with Gasteiger partial charge in [-0.15, -0.1) is 0 Å². The molecule has 28 heavy (non-hydrogen) atoms. The van der Waals surface area contributed by atoms with Gasteiger partial charge in [-0.2, -0.15) is 0 Å². The Morgan fingerprint density at radius 3 is 0.679 bits per heavy atom. The molecule has 4 saturated heterocycles. The van der Waals surface area contributed by atoms with E-state index >= 15 is 0 Å². The molecule has 4 heteroatoms. The van der Waals surface area contributed by atoms with Crippen LogP contribution in [-0.4, -0.2) is 98.1 Å². The number of hydrogen-bond acceptors (Lipinski definition) is 4. The van der Waals surface area contributed by atoms with Crippen molar-refractivity contribution in [3.8, 4) is 23.7 Å². The van der Waals surface area contributed by atoms with Crippen LogP contribution in [-0.2, 0) is 0 Å². The van der Waals surface area contributed by atoms with Crippen LogP contribution in [0, 0.1) is 23.7 Å². The van der Waals surface area contributed by atoms with Gasteiger partial charge in [0.05, 0.1) is 26.2 Å². The minimum atomic E-state index is 0.994. The van der Waals surface area contributed by atoms with Crippen molar-refractivity contribution in [1.29, 1.82) is 0 Å². The van der Waals surface area contributed by atoms with E-state index in [0.29, 0.717) is 0 Å². The summed E-state index contributed by atoms with van der Waals surface area (Å²) in [5.41, 5.74) is 0. The van der Waals surface area contributed by atoms with Gasteiger partial charge in [0.25, 0.3) is 0 Å². The van der Waals surface area contributed by atoms with Gasteiger partial charge in [-0.05, 0) is 104 Å². The van der Waals surface area contributed by atoms with Gasteiger partial charge in [0.2, 0.25) is 0 Å². The Kier molecular flexibility index (Phi) is 10.2. The second-order valence-corrected chi connectivity index (χ2v) is 8.64. The number of rotatable bonds is 4. The van der Waals surface area contributed by atoms with Crippen LogP contribution in [0.2, 0.25) is 0 Å². The van der Waals surface area contributed by atoms with E-state index in [1.54, 1.807) is 0 Å². The molecule has 4 nitrogen and oxygen atoms in total. The molecule has 0 unspecified atom stereocenters. The Balaban J connectivity index is 0.000000161. The molecule has 0 N–H and O–H groups in total. The van der Waals surface area contributed by atoms with Crippen LogP contribution >= 0.6 is 0 Å². The highest BCUT2D eigenvalue weighted by molar-refractivity contribution is 5.04. The van der Waals surface area contributed by atoms with Crippen molar-refractivity contribution in [2.24, 2.45) is 0 Å². The summed E-state index contributed by atoms with van der Waals surface area (Å²) >= 11 is 0. The lowest BCUT2D eigenvalue weighted by molar-refractivity contribution is 0.377. The van der Waals surface area contributed by atoms with Gasteiger partial charge in [0.1, 0.15) is 0 Å². The third-order valence-electron chi connectivity index (χ3n) is 6.26. The molecular weight excluding hydrogens is 344 g/mol. The minimum absolute atomic E-state index is 0.994. The third kappa shape index (κ3) is 8.54. The Morgan fingerprint density at radius 2 is 0.500 bits per heavy atom. The SMILES string of the molecule is C(#CCN1CCCC1)CN1CCCC1.C(#CCN1CCCC1)CN1CCCC1. The highest BCUT2D eigenvalue weighted by Crippen LogP contribution is 2.07. The smallest absolute Gasteiger partial charge is 0.0602 e. The first kappa shape index (κ1) is 21.7. The molecule has 4 aliphatic heterocycles. The molecule has 0 radical (unpaired) electrons. The van der Waals surface area contributed by atoms with Crippen LogP contribution < -0.4 is 0 Å². The fourth-order valence-electron chi connectivity index (χ4n) is 4.43. The van der Waals surface area contributed by atoms with Crippen LogP contribution in [0.3, 0.4) is 0 Å². The van der Waals surface area contributed by atoms with E-state index in [9.17, 15) is 0 Å².